The number of nitrogens with one attached hydrogen (secondary N) is 1. The summed E-state index contributed by atoms with van der Waals surface area (Å²) in [5.74, 6) is 0.929. The second kappa shape index (κ2) is 9.79. The van der Waals surface area contributed by atoms with Crippen LogP contribution in [0, 0.1) is 0 Å². The molecule has 120 valence electrons. The molecule has 2 rings (SSSR count). The summed E-state index contributed by atoms with van der Waals surface area (Å²) in [6.07, 6.45) is 11.8. The maximum Gasteiger partial charge on any atom is 0.202 e. The third kappa shape index (κ3) is 6.06. The summed E-state index contributed by atoms with van der Waals surface area (Å²) in [5, 5.41) is 3.36. The average molecular weight is 295 g/mol. The Morgan fingerprint density at radius 1 is 1.29 bits per heavy atom. The minimum Gasteiger partial charge on any atom is -0.382 e. The fourth-order valence-electron chi connectivity index (χ4n) is 2.73. The van der Waals surface area contributed by atoms with E-state index in [4.69, 9.17) is 9.47 Å². The van der Waals surface area contributed by atoms with E-state index in [1.54, 1.807) is 0 Å². The molecule has 1 aliphatic carbocycles. The van der Waals surface area contributed by atoms with E-state index in [2.05, 4.69) is 14.9 Å². The lowest BCUT2D eigenvalue weighted by molar-refractivity contribution is 0.0242. The maximum atomic E-state index is 5.97. The summed E-state index contributed by atoms with van der Waals surface area (Å²) >= 11 is 0. The molecule has 0 amide bonds. The molecule has 0 bridgehead atoms. The van der Waals surface area contributed by atoms with Crippen molar-refractivity contribution in [1.29, 1.82) is 0 Å². The maximum absolute atomic E-state index is 5.97. The van der Waals surface area contributed by atoms with Crippen molar-refractivity contribution in [2.75, 3.05) is 31.7 Å². The molecule has 5 nitrogen and oxygen atoms in total. The van der Waals surface area contributed by atoms with Crippen molar-refractivity contribution in [3.8, 4) is 0 Å². The molecular formula is C16H29N3O2. The smallest absolute Gasteiger partial charge is 0.202 e. The van der Waals surface area contributed by atoms with Crippen molar-refractivity contribution in [3.63, 3.8) is 0 Å². The number of ether oxygens (including phenoxy) is 2. The molecular weight excluding hydrogens is 266 g/mol. The van der Waals surface area contributed by atoms with E-state index in [0.717, 1.165) is 45.3 Å². The Balaban J connectivity index is 1.62. The van der Waals surface area contributed by atoms with Gasteiger partial charge in [-0.25, -0.2) is 4.98 Å². The van der Waals surface area contributed by atoms with E-state index >= 15 is 0 Å². The quantitative estimate of drug-likeness (QED) is 0.674. The van der Waals surface area contributed by atoms with Gasteiger partial charge in [-0.15, -0.1) is 0 Å². The molecule has 0 saturated heterocycles. The van der Waals surface area contributed by atoms with Crippen molar-refractivity contribution >= 4 is 5.95 Å². The van der Waals surface area contributed by atoms with Gasteiger partial charge < -0.3 is 19.4 Å². The number of hydrogen-bond donors (Lipinski definition) is 1. The molecule has 1 aliphatic rings. The molecule has 1 N–H and O–H groups in total. The molecule has 1 fully saturated rings. The minimum absolute atomic E-state index is 0.477. The molecule has 0 unspecified atom stereocenters. The van der Waals surface area contributed by atoms with Gasteiger partial charge >= 0.3 is 0 Å². The Kier molecular flexibility index (Phi) is 7.60. The number of imidazole rings is 1. The normalized spacial score (nSPS) is 16.2. The highest BCUT2D eigenvalue weighted by molar-refractivity contribution is 5.25. The fraction of sp³-hybridized carbons (Fsp3) is 0.812. The van der Waals surface area contributed by atoms with E-state index < -0.39 is 0 Å². The van der Waals surface area contributed by atoms with Gasteiger partial charge in [-0.05, 0) is 26.2 Å². The van der Waals surface area contributed by atoms with Gasteiger partial charge in [0.15, 0.2) is 0 Å². The third-order valence-corrected chi connectivity index (χ3v) is 3.91. The van der Waals surface area contributed by atoms with Gasteiger partial charge in [0.1, 0.15) is 0 Å². The number of rotatable bonds is 10. The Morgan fingerprint density at radius 2 is 2.14 bits per heavy atom. The van der Waals surface area contributed by atoms with Crippen LogP contribution in [0.25, 0.3) is 0 Å². The molecule has 0 radical (unpaired) electrons. The monoisotopic (exact) mass is 295 g/mol. The van der Waals surface area contributed by atoms with Gasteiger partial charge in [-0.1, -0.05) is 19.3 Å². The highest BCUT2D eigenvalue weighted by Gasteiger charge is 2.13. The zero-order valence-corrected chi connectivity index (χ0v) is 13.2. The fourth-order valence-corrected chi connectivity index (χ4v) is 2.73. The predicted octanol–water partition coefficient (Wildman–Crippen LogP) is 3.07. The summed E-state index contributed by atoms with van der Waals surface area (Å²) < 4.78 is 13.4. The van der Waals surface area contributed by atoms with Crippen LogP contribution in [-0.2, 0) is 16.0 Å². The van der Waals surface area contributed by atoms with Gasteiger partial charge in [0.05, 0.1) is 12.7 Å². The Morgan fingerprint density at radius 3 is 2.95 bits per heavy atom. The molecule has 1 heterocycles. The Hall–Kier alpha value is -1.07. The van der Waals surface area contributed by atoms with Gasteiger partial charge in [0.2, 0.25) is 5.95 Å². The van der Waals surface area contributed by atoms with Gasteiger partial charge in [-0.3, -0.25) is 0 Å². The van der Waals surface area contributed by atoms with E-state index in [1.165, 1.54) is 32.1 Å². The lowest BCUT2D eigenvalue weighted by Crippen LogP contribution is -2.20. The first-order valence-corrected chi connectivity index (χ1v) is 8.34. The molecule has 0 aromatic carbocycles. The molecule has 0 aliphatic heterocycles. The number of aromatic nitrogens is 2. The second-order valence-electron chi connectivity index (χ2n) is 5.55. The van der Waals surface area contributed by atoms with Crippen LogP contribution in [0.2, 0.25) is 0 Å². The molecule has 1 aromatic rings. The summed E-state index contributed by atoms with van der Waals surface area (Å²) in [4.78, 5) is 4.35. The Labute approximate surface area is 128 Å². The topological polar surface area (TPSA) is 48.3 Å². The largest absolute Gasteiger partial charge is 0.382 e. The number of anilines is 1. The average Bonchev–Trinajstić information content (AvgIpc) is 2.96. The molecule has 1 saturated carbocycles. The van der Waals surface area contributed by atoms with Crippen LogP contribution in [0.1, 0.15) is 45.4 Å². The van der Waals surface area contributed by atoms with E-state index in [0.29, 0.717) is 6.10 Å². The highest BCUT2D eigenvalue weighted by Crippen LogP contribution is 2.20. The first-order chi connectivity index (χ1) is 10.4. The van der Waals surface area contributed by atoms with Crippen molar-refractivity contribution in [2.24, 2.45) is 0 Å². The van der Waals surface area contributed by atoms with Gasteiger partial charge in [0.25, 0.3) is 0 Å². The number of nitrogens with zero attached hydrogens (tertiary/aromatic N) is 2. The van der Waals surface area contributed by atoms with E-state index in [1.807, 2.05) is 19.3 Å². The first kappa shape index (κ1) is 16.3. The lowest BCUT2D eigenvalue weighted by Gasteiger charge is -2.22. The van der Waals surface area contributed by atoms with Crippen LogP contribution in [-0.4, -0.2) is 42.0 Å². The standard InChI is InChI=1S/C16H29N3O2/c1-2-20-13-6-9-17-16-18-10-11-19(16)12-14-21-15-7-4-3-5-8-15/h10-11,15H,2-9,12-14H2,1H3,(H,17,18). The van der Waals surface area contributed by atoms with Gasteiger partial charge in [0, 0.05) is 38.7 Å². The molecule has 5 heteroatoms. The summed E-state index contributed by atoms with van der Waals surface area (Å²) in [6.45, 7) is 6.13. The van der Waals surface area contributed by atoms with Crippen LogP contribution in [0.5, 0.6) is 0 Å². The zero-order valence-electron chi connectivity index (χ0n) is 13.2. The van der Waals surface area contributed by atoms with Crippen LogP contribution in [0.4, 0.5) is 5.95 Å². The SMILES string of the molecule is CCOCCCNc1nccn1CCOC1CCCCC1. The van der Waals surface area contributed by atoms with Crippen molar-refractivity contribution in [3.05, 3.63) is 12.4 Å². The van der Waals surface area contributed by atoms with E-state index in [-0.39, 0.29) is 0 Å². The summed E-state index contributed by atoms with van der Waals surface area (Å²) in [5.41, 5.74) is 0. The van der Waals surface area contributed by atoms with Crippen LogP contribution < -0.4 is 5.32 Å². The molecule has 21 heavy (non-hydrogen) atoms. The zero-order chi connectivity index (χ0) is 14.8. The molecule has 0 atom stereocenters. The predicted molar refractivity (Wildman–Crippen MR) is 84.7 cm³/mol. The van der Waals surface area contributed by atoms with E-state index in [9.17, 15) is 0 Å². The van der Waals surface area contributed by atoms with Gasteiger partial charge in [-0.2, -0.15) is 0 Å². The molecule has 0 spiro atoms. The Bertz CT molecular complexity index is 375. The second-order valence-corrected chi connectivity index (χ2v) is 5.55. The lowest BCUT2D eigenvalue weighted by atomic mass is 9.98. The van der Waals surface area contributed by atoms with Crippen LogP contribution >= 0.6 is 0 Å². The number of hydrogen-bond acceptors (Lipinski definition) is 4. The third-order valence-electron chi connectivity index (χ3n) is 3.91. The highest BCUT2D eigenvalue weighted by atomic mass is 16.5. The van der Waals surface area contributed by atoms with Crippen molar-refractivity contribution in [2.45, 2.75) is 58.1 Å². The van der Waals surface area contributed by atoms with Crippen LogP contribution in [0.3, 0.4) is 0 Å². The van der Waals surface area contributed by atoms with Crippen molar-refractivity contribution in [1.82, 2.24) is 9.55 Å². The summed E-state index contributed by atoms with van der Waals surface area (Å²) in [7, 11) is 0. The molecule has 1 aromatic heterocycles. The first-order valence-electron chi connectivity index (χ1n) is 8.34. The van der Waals surface area contributed by atoms with Crippen molar-refractivity contribution < 1.29 is 9.47 Å². The minimum atomic E-state index is 0.477. The summed E-state index contributed by atoms with van der Waals surface area (Å²) in [6, 6.07) is 0. The van der Waals surface area contributed by atoms with Crippen LogP contribution in [0.15, 0.2) is 12.4 Å².